The first-order valence-corrected chi connectivity index (χ1v) is 5.46. The van der Waals surface area contributed by atoms with Gasteiger partial charge in [-0.15, -0.1) is 0 Å². The number of carboxylic acid groups (broad SMARTS) is 1. The second kappa shape index (κ2) is 3.87. The number of aliphatic carboxylic acids is 1. The summed E-state index contributed by atoms with van der Waals surface area (Å²) in [5.74, 6) is -1.84. The van der Waals surface area contributed by atoms with E-state index in [2.05, 4.69) is 5.32 Å². The average molecular weight is 238 g/mol. The van der Waals surface area contributed by atoms with Gasteiger partial charge in [0.25, 0.3) is 0 Å². The molecule has 0 saturated carbocycles. The van der Waals surface area contributed by atoms with Crippen molar-refractivity contribution < 1.29 is 19.5 Å². The van der Waals surface area contributed by atoms with Gasteiger partial charge in [-0.1, -0.05) is 6.92 Å². The molecule has 0 spiro atoms. The zero-order valence-electron chi connectivity index (χ0n) is 9.64. The van der Waals surface area contributed by atoms with Gasteiger partial charge in [0.2, 0.25) is 11.8 Å². The van der Waals surface area contributed by atoms with Gasteiger partial charge in [-0.05, 0) is 19.4 Å². The van der Waals surface area contributed by atoms with Crippen LogP contribution in [0.4, 0.5) is 0 Å². The van der Waals surface area contributed by atoms with Crippen molar-refractivity contribution in [3.8, 4) is 0 Å². The standard InChI is InChI=1S/C11H14N2O4/c1-5-4-8(12-9(5)14)13-7(11(16)17)3-6(2)10(13)15/h4,6-8H,3H2,1-2H3,(H,12,14)(H,16,17). The minimum Gasteiger partial charge on any atom is -0.480 e. The predicted octanol–water partition coefficient (Wildman–Crippen LogP) is -0.290. The van der Waals surface area contributed by atoms with E-state index in [0.29, 0.717) is 5.57 Å². The maximum absolute atomic E-state index is 11.9. The first-order chi connectivity index (χ1) is 7.91. The Labute approximate surface area is 98.3 Å². The molecule has 2 amide bonds. The molecule has 3 unspecified atom stereocenters. The fourth-order valence-corrected chi connectivity index (χ4v) is 2.26. The normalized spacial score (nSPS) is 32.7. The van der Waals surface area contributed by atoms with E-state index in [-0.39, 0.29) is 24.2 Å². The summed E-state index contributed by atoms with van der Waals surface area (Å²) in [6.07, 6.45) is 1.25. The Bertz CT molecular complexity index is 429. The Morgan fingerprint density at radius 1 is 1.53 bits per heavy atom. The van der Waals surface area contributed by atoms with Crippen LogP contribution in [0.3, 0.4) is 0 Å². The monoisotopic (exact) mass is 238 g/mol. The highest BCUT2D eigenvalue weighted by Crippen LogP contribution is 2.28. The maximum Gasteiger partial charge on any atom is 0.326 e. The first-order valence-electron chi connectivity index (χ1n) is 5.46. The molecule has 2 aliphatic rings. The first kappa shape index (κ1) is 11.6. The van der Waals surface area contributed by atoms with E-state index in [1.807, 2.05) is 0 Å². The van der Waals surface area contributed by atoms with Crippen LogP contribution in [0.15, 0.2) is 11.6 Å². The van der Waals surface area contributed by atoms with Crippen LogP contribution < -0.4 is 5.32 Å². The Kier molecular flexibility index (Phi) is 2.65. The van der Waals surface area contributed by atoms with Crippen LogP contribution in [-0.4, -0.2) is 40.0 Å². The van der Waals surface area contributed by atoms with Gasteiger partial charge in [-0.25, -0.2) is 4.79 Å². The fourth-order valence-electron chi connectivity index (χ4n) is 2.26. The highest BCUT2D eigenvalue weighted by molar-refractivity contribution is 5.97. The summed E-state index contributed by atoms with van der Waals surface area (Å²) >= 11 is 0. The summed E-state index contributed by atoms with van der Waals surface area (Å²) in [6, 6.07) is -0.857. The molecule has 1 saturated heterocycles. The van der Waals surface area contributed by atoms with Crippen molar-refractivity contribution in [3.05, 3.63) is 11.6 Å². The highest BCUT2D eigenvalue weighted by atomic mass is 16.4. The van der Waals surface area contributed by atoms with Crippen LogP contribution in [0.25, 0.3) is 0 Å². The van der Waals surface area contributed by atoms with Gasteiger partial charge in [-0.3, -0.25) is 9.59 Å². The Morgan fingerprint density at radius 2 is 2.18 bits per heavy atom. The molecule has 2 aliphatic heterocycles. The van der Waals surface area contributed by atoms with E-state index in [1.165, 1.54) is 4.90 Å². The molecule has 0 aromatic heterocycles. The minimum absolute atomic E-state index is 0.228. The number of nitrogens with one attached hydrogen (secondary N) is 1. The molecule has 92 valence electrons. The SMILES string of the molecule is CC1=CC(N2C(=O)C(C)CC2C(=O)O)NC1=O. The molecule has 1 fully saturated rings. The quantitative estimate of drug-likeness (QED) is 0.692. The summed E-state index contributed by atoms with van der Waals surface area (Å²) < 4.78 is 0. The van der Waals surface area contributed by atoms with Crippen molar-refractivity contribution in [2.45, 2.75) is 32.5 Å². The second-order valence-corrected chi connectivity index (χ2v) is 4.50. The smallest absolute Gasteiger partial charge is 0.326 e. The number of carboxylic acids is 1. The van der Waals surface area contributed by atoms with Crippen molar-refractivity contribution >= 4 is 17.8 Å². The summed E-state index contributed by atoms with van der Waals surface area (Å²) in [5.41, 5.74) is 0.506. The third kappa shape index (κ3) is 1.79. The lowest BCUT2D eigenvalue weighted by molar-refractivity contribution is -0.148. The topological polar surface area (TPSA) is 86.7 Å². The molecule has 6 heteroatoms. The number of amides is 2. The Morgan fingerprint density at radius 3 is 2.65 bits per heavy atom. The number of carbonyl (C=O) groups excluding carboxylic acids is 2. The zero-order valence-corrected chi connectivity index (χ0v) is 9.64. The second-order valence-electron chi connectivity index (χ2n) is 4.50. The minimum atomic E-state index is -1.03. The van der Waals surface area contributed by atoms with Crippen molar-refractivity contribution in [3.63, 3.8) is 0 Å². The summed E-state index contributed by atoms with van der Waals surface area (Å²) in [6.45, 7) is 3.33. The number of hydrogen-bond donors (Lipinski definition) is 2. The molecule has 0 aliphatic carbocycles. The molecule has 2 rings (SSSR count). The third-order valence-electron chi connectivity index (χ3n) is 3.22. The highest BCUT2D eigenvalue weighted by Gasteiger charge is 2.45. The van der Waals surface area contributed by atoms with Gasteiger partial charge in [-0.2, -0.15) is 0 Å². The molecule has 2 heterocycles. The number of nitrogens with zero attached hydrogens (tertiary/aromatic N) is 1. The van der Waals surface area contributed by atoms with Crippen molar-refractivity contribution in [2.24, 2.45) is 5.92 Å². The molecule has 6 nitrogen and oxygen atoms in total. The summed E-state index contributed by atoms with van der Waals surface area (Å²) in [4.78, 5) is 35.6. The zero-order chi connectivity index (χ0) is 12.7. The van der Waals surface area contributed by atoms with Gasteiger partial charge < -0.3 is 15.3 Å². The van der Waals surface area contributed by atoms with Gasteiger partial charge >= 0.3 is 5.97 Å². The fraction of sp³-hybridized carbons (Fsp3) is 0.545. The van der Waals surface area contributed by atoms with Gasteiger partial charge in [0, 0.05) is 11.5 Å². The van der Waals surface area contributed by atoms with E-state index >= 15 is 0 Å². The Hall–Kier alpha value is -1.85. The van der Waals surface area contributed by atoms with E-state index < -0.39 is 18.2 Å². The average Bonchev–Trinajstić information content (AvgIpc) is 2.71. The van der Waals surface area contributed by atoms with Gasteiger partial charge in [0.05, 0.1) is 0 Å². The number of rotatable bonds is 2. The lowest BCUT2D eigenvalue weighted by atomic mass is 10.1. The van der Waals surface area contributed by atoms with Crippen molar-refractivity contribution in [1.29, 1.82) is 0 Å². The molecule has 0 bridgehead atoms. The molecule has 3 atom stereocenters. The van der Waals surface area contributed by atoms with Crippen LogP contribution in [0, 0.1) is 5.92 Å². The van der Waals surface area contributed by atoms with E-state index in [1.54, 1.807) is 19.9 Å². The molecule has 0 radical (unpaired) electrons. The summed E-state index contributed by atoms with van der Waals surface area (Å²) in [5, 5.41) is 11.7. The van der Waals surface area contributed by atoms with Crippen LogP contribution in [0.2, 0.25) is 0 Å². The summed E-state index contributed by atoms with van der Waals surface area (Å²) in [7, 11) is 0. The molecule has 2 N–H and O–H groups in total. The Balaban J connectivity index is 2.27. The van der Waals surface area contributed by atoms with Crippen LogP contribution >= 0.6 is 0 Å². The van der Waals surface area contributed by atoms with Crippen molar-refractivity contribution in [2.75, 3.05) is 0 Å². The third-order valence-corrected chi connectivity index (χ3v) is 3.22. The van der Waals surface area contributed by atoms with Gasteiger partial charge in [0.15, 0.2) is 0 Å². The predicted molar refractivity (Wildman–Crippen MR) is 57.7 cm³/mol. The number of hydrogen-bond acceptors (Lipinski definition) is 3. The van der Waals surface area contributed by atoms with E-state index in [9.17, 15) is 14.4 Å². The van der Waals surface area contributed by atoms with Crippen LogP contribution in [0.5, 0.6) is 0 Å². The largest absolute Gasteiger partial charge is 0.480 e. The van der Waals surface area contributed by atoms with Crippen LogP contribution in [0.1, 0.15) is 20.3 Å². The van der Waals surface area contributed by atoms with Crippen LogP contribution in [-0.2, 0) is 14.4 Å². The molecular weight excluding hydrogens is 224 g/mol. The molecule has 0 aromatic rings. The van der Waals surface area contributed by atoms with Gasteiger partial charge in [0.1, 0.15) is 12.2 Å². The molecular formula is C11H14N2O4. The van der Waals surface area contributed by atoms with E-state index in [4.69, 9.17) is 5.11 Å². The molecule has 17 heavy (non-hydrogen) atoms. The lowest BCUT2D eigenvalue weighted by Crippen LogP contribution is -2.50. The van der Waals surface area contributed by atoms with E-state index in [0.717, 1.165) is 0 Å². The molecule has 0 aromatic carbocycles. The number of likely N-dealkylation sites (tertiary alicyclic amines) is 1. The number of carbonyl (C=O) groups is 3. The lowest BCUT2D eigenvalue weighted by Gasteiger charge is -2.27. The maximum atomic E-state index is 11.9. The van der Waals surface area contributed by atoms with Crippen molar-refractivity contribution in [1.82, 2.24) is 10.2 Å².